The highest BCUT2D eigenvalue weighted by atomic mass is 32.2. The van der Waals surface area contributed by atoms with Gasteiger partial charge in [0, 0.05) is 11.5 Å². The van der Waals surface area contributed by atoms with Crippen molar-refractivity contribution in [1.29, 1.82) is 0 Å². The molecule has 0 aliphatic heterocycles. The van der Waals surface area contributed by atoms with E-state index < -0.39 is 25.1 Å². The van der Waals surface area contributed by atoms with Crippen LogP contribution in [0, 0.1) is 0 Å². The molecule has 0 saturated carbocycles. The SMILES string of the molecule is O=S(=O)(O)c1cc(OS(=O)(=O)c2ccccc2)c2ccccc2c1. The van der Waals surface area contributed by atoms with Gasteiger partial charge in [-0.15, -0.1) is 0 Å². The Hall–Kier alpha value is -2.42. The molecule has 0 bridgehead atoms. The lowest BCUT2D eigenvalue weighted by Gasteiger charge is -2.11. The van der Waals surface area contributed by atoms with Crippen LogP contribution in [0.4, 0.5) is 0 Å². The van der Waals surface area contributed by atoms with Gasteiger partial charge in [-0.05, 0) is 23.6 Å². The molecule has 0 heterocycles. The minimum atomic E-state index is -4.51. The minimum absolute atomic E-state index is 0.0636. The van der Waals surface area contributed by atoms with E-state index in [1.807, 2.05) is 0 Å². The van der Waals surface area contributed by atoms with Gasteiger partial charge in [-0.3, -0.25) is 4.55 Å². The summed E-state index contributed by atoms with van der Waals surface area (Å²) in [4.78, 5) is -0.509. The number of hydrogen-bond donors (Lipinski definition) is 1. The van der Waals surface area contributed by atoms with Gasteiger partial charge >= 0.3 is 10.1 Å². The molecule has 6 nitrogen and oxygen atoms in total. The van der Waals surface area contributed by atoms with E-state index in [1.165, 1.54) is 18.2 Å². The Kier molecular flexibility index (Phi) is 4.04. The molecule has 3 rings (SSSR count). The molecule has 0 spiro atoms. The largest absolute Gasteiger partial charge is 0.378 e. The lowest BCUT2D eigenvalue weighted by atomic mass is 10.1. The van der Waals surface area contributed by atoms with E-state index in [2.05, 4.69) is 0 Å². The van der Waals surface area contributed by atoms with Gasteiger partial charge in [-0.2, -0.15) is 16.8 Å². The Morgan fingerprint density at radius 2 is 1.38 bits per heavy atom. The highest BCUT2D eigenvalue weighted by molar-refractivity contribution is 7.87. The van der Waals surface area contributed by atoms with Gasteiger partial charge in [0.25, 0.3) is 10.1 Å². The summed E-state index contributed by atoms with van der Waals surface area (Å²) in [6.45, 7) is 0. The molecule has 0 fully saturated rings. The number of benzene rings is 3. The molecule has 0 unspecified atom stereocenters. The first kappa shape index (κ1) is 16.4. The van der Waals surface area contributed by atoms with Gasteiger partial charge in [0.05, 0.1) is 4.90 Å². The first-order chi connectivity index (χ1) is 11.3. The fraction of sp³-hybridized carbons (Fsp3) is 0. The zero-order valence-corrected chi connectivity index (χ0v) is 13.8. The van der Waals surface area contributed by atoms with Crippen LogP contribution in [0.15, 0.2) is 76.5 Å². The van der Waals surface area contributed by atoms with E-state index >= 15 is 0 Å². The van der Waals surface area contributed by atoms with Crippen molar-refractivity contribution in [2.45, 2.75) is 9.79 Å². The van der Waals surface area contributed by atoms with Gasteiger partial charge in [-0.1, -0.05) is 42.5 Å². The number of fused-ring (bicyclic) bond motifs is 1. The first-order valence-electron chi connectivity index (χ1n) is 6.77. The minimum Gasteiger partial charge on any atom is -0.378 e. The van der Waals surface area contributed by atoms with Crippen molar-refractivity contribution >= 4 is 31.0 Å². The second-order valence-corrected chi connectivity index (χ2v) is 7.94. The van der Waals surface area contributed by atoms with Crippen LogP contribution in [0.3, 0.4) is 0 Å². The molecule has 0 atom stereocenters. The van der Waals surface area contributed by atoms with Gasteiger partial charge in [0.15, 0.2) is 5.75 Å². The molecule has 8 heteroatoms. The van der Waals surface area contributed by atoms with Gasteiger partial charge in [-0.25, -0.2) is 0 Å². The lowest BCUT2D eigenvalue weighted by molar-refractivity contribution is 0.477. The van der Waals surface area contributed by atoms with Crippen molar-refractivity contribution < 1.29 is 25.6 Å². The maximum atomic E-state index is 12.4. The summed E-state index contributed by atoms with van der Waals surface area (Å²) in [5.41, 5.74) is 0. The van der Waals surface area contributed by atoms with Crippen molar-refractivity contribution in [3.05, 3.63) is 66.7 Å². The Morgan fingerprint density at radius 3 is 2.04 bits per heavy atom. The fourth-order valence-electron chi connectivity index (χ4n) is 2.22. The Labute approximate surface area is 139 Å². The van der Waals surface area contributed by atoms with Crippen molar-refractivity contribution in [3.8, 4) is 5.75 Å². The molecule has 3 aromatic carbocycles. The summed E-state index contributed by atoms with van der Waals surface area (Å²) in [5.74, 6) is -0.176. The normalized spacial score (nSPS) is 12.2. The molecule has 0 aromatic heterocycles. The van der Waals surface area contributed by atoms with Crippen molar-refractivity contribution in [2.75, 3.05) is 0 Å². The predicted octanol–water partition coefficient (Wildman–Crippen LogP) is 2.85. The van der Waals surface area contributed by atoms with Crippen molar-refractivity contribution in [3.63, 3.8) is 0 Å². The third kappa shape index (κ3) is 3.25. The maximum absolute atomic E-state index is 12.4. The van der Waals surface area contributed by atoms with E-state index in [4.69, 9.17) is 4.18 Å². The monoisotopic (exact) mass is 364 g/mol. The quantitative estimate of drug-likeness (QED) is 0.565. The summed E-state index contributed by atoms with van der Waals surface area (Å²) < 4.78 is 62.0. The highest BCUT2D eigenvalue weighted by Gasteiger charge is 2.20. The molecule has 0 aliphatic rings. The number of hydrogen-bond acceptors (Lipinski definition) is 5. The topological polar surface area (TPSA) is 97.7 Å². The van der Waals surface area contributed by atoms with Crippen LogP contribution in [-0.2, 0) is 20.2 Å². The molecule has 1 N–H and O–H groups in total. The Morgan fingerprint density at radius 1 is 0.750 bits per heavy atom. The second kappa shape index (κ2) is 5.90. The van der Waals surface area contributed by atoms with Gasteiger partial charge in [0.2, 0.25) is 0 Å². The van der Waals surface area contributed by atoms with Crippen LogP contribution in [0.5, 0.6) is 5.75 Å². The second-order valence-electron chi connectivity index (χ2n) is 4.97. The third-order valence-corrected chi connectivity index (χ3v) is 5.41. The summed E-state index contributed by atoms with van der Waals surface area (Å²) in [6, 6.07) is 16.2. The average Bonchev–Trinajstić information content (AvgIpc) is 2.54. The standard InChI is InChI=1S/C16H12O6S2/c17-23(18,19)14-10-12-6-4-5-9-15(12)16(11-14)22-24(20,21)13-7-2-1-3-8-13/h1-11H,(H,17,18,19). The fourth-order valence-corrected chi connectivity index (χ4v) is 3.71. The van der Waals surface area contributed by atoms with Gasteiger partial charge in [0.1, 0.15) is 4.90 Å². The molecule has 24 heavy (non-hydrogen) atoms. The van der Waals surface area contributed by atoms with Crippen LogP contribution in [-0.4, -0.2) is 21.4 Å². The summed E-state index contributed by atoms with van der Waals surface area (Å²) in [6.07, 6.45) is 0. The Bertz CT molecular complexity index is 1100. The molecule has 124 valence electrons. The van der Waals surface area contributed by atoms with Gasteiger partial charge < -0.3 is 4.18 Å². The van der Waals surface area contributed by atoms with E-state index in [9.17, 15) is 21.4 Å². The zero-order valence-electron chi connectivity index (χ0n) is 12.2. The summed E-state index contributed by atoms with van der Waals surface area (Å²) in [5, 5.41) is 0.829. The highest BCUT2D eigenvalue weighted by Crippen LogP contribution is 2.31. The van der Waals surface area contributed by atoms with Crippen LogP contribution in [0.25, 0.3) is 10.8 Å². The van der Waals surface area contributed by atoms with E-state index in [-0.39, 0.29) is 10.6 Å². The molecule has 0 radical (unpaired) electrons. The number of rotatable bonds is 4. The van der Waals surface area contributed by atoms with Crippen molar-refractivity contribution in [2.24, 2.45) is 0 Å². The van der Waals surface area contributed by atoms with Crippen LogP contribution in [0.1, 0.15) is 0 Å². The molecule has 0 saturated heterocycles. The smallest absolute Gasteiger partial charge is 0.339 e. The maximum Gasteiger partial charge on any atom is 0.339 e. The zero-order chi connectivity index (χ0) is 17.4. The first-order valence-corrected chi connectivity index (χ1v) is 9.62. The summed E-state index contributed by atoms with van der Waals surface area (Å²) >= 11 is 0. The summed E-state index contributed by atoms with van der Waals surface area (Å²) in [7, 11) is -8.66. The lowest BCUT2D eigenvalue weighted by Crippen LogP contribution is -2.10. The Balaban J connectivity index is 2.19. The third-order valence-electron chi connectivity index (χ3n) is 3.33. The van der Waals surface area contributed by atoms with Crippen LogP contribution < -0.4 is 4.18 Å². The van der Waals surface area contributed by atoms with E-state index in [1.54, 1.807) is 42.5 Å². The van der Waals surface area contributed by atoms with Crippen LogP contribution >= 0.6 is 0 Å². The molecular formula is C16H12O6S2. The van der Waals surface area contributed by atoms with E-state index in [0.717, 1.165) is 6.07 Å². The van der Waals surface area contributed by atoms with E-state index in [0.29, 0.717) is 10.8 Å². The molecule has 0 aliphatic carbocycles. The van der Waals surface area contributed by atoms with Crippen molar-refractivity contribution in [1.82, 2.24) is 0 Å². The molecule has 3 aromatic rings. The predicted molar refractivity (Wildman–Crippen MR) is 88.0 cm³/mol. The molecular weight excluding hydrogens is 352 g/mol. The van der Waals surface area contributed by atoms with Crippen LogP contribution in [0.2, 0.25) is 0 Å². The average molecular weight is 364 g/mol. The molecule has 0 amide bonds.